The third-order valence-corrected chi connectivity index (χ3v) is 4.67. The second-order valence-corrected chi connectivity index (χ2v) is 6.66. The highest BCUT2D eigenvalue weighted by Gasteiger charge is 2.21. The first-order valence-corrected chi connectivity index (χ1v) is 9.14. The maximum atomic E-state index is 12.6. The fourth-order valence-electron chi connectivity index (χ4n) is 3.22. The number of aromatic amines is 1. The third kappa shape index (κ3) is 3.73. The van der Waals surface area contributed by atoms with E-state index < -0.39 is 23.5 Å². The van der Waals surface area contributed by atoms with Crippen LogP contribution in [0.1, 0.15) is 17.3 Å². The molecule has 2 N–H and O–H groups in total. The number of hydrogen-bond donors (Lipinski definition) is 2. The normalized spacial score (nSPS) is 11.9. The predicted molar refractivity (Wildman–Crippen MR) is 112 cm³/mol. The number of benzene rings is 3. The van der Waals surface area contributed by atoms with E-state index in [-0.39, 0.29) is 5.56 Å². The molecule has 1 aromatic heterocycles. The lowest BCUT2D eigenvalue weighted by atomic mass is 10.1. The van der Waals surface area contributed by atoms with Gasteiger partial charge in [0.1, 0.15) is 0 Å². The van der Waals surface area contributed by atoms with Gasteiger partial charge in [0.15, 0.2) is 6.10 Å². The Morgan fingerprint density at radius 2 is 1.62 bits per heavy atom. The van der Waals surface area contributed by atoms with E-state index in [0.717, 1.165) is 10.8 Å². The van der Waals surface area contributed by atoms with E-state index in [1.165, 1.54) is 13.0 Å². The Hall–Kier alpha value is -3.93. The van der Waals surface area contributed by atoms with Crippen LogP contribution in [0.25, 0.3) is 21.7 Å². The first kappa shape index (κ1) is 18.4. The molecule has 1 atom stereocenters. The molecule has 6 nitrogen and oxygen atoms in total. The van der Waals surface area contributed by atoms with Crippen LogP contribution in [0.15, 0.2) is 77.6 Å². The van der Waals surface area contributed by atoms with Gasteiger partial charge in [0.2, 0.25) is 5.56 Å². The molecule has 0 saturated heterocycles. The van der Waals surface area contributed by atoms with E-state index in [1.54, 1.807) is 30.3 Å². The molecular formula is C23H18N2O4. The Labute approximate surface area is 166 Å². The fourth-order valence-corrected chi connectivity index (χ4v) is 3.22. The second kappa shape index (κ2) is 7.59. The molecule has 4 aromatic rings. The number of nitrogens with one attached hydrogen (secondary N) is 2. The molecule has 1 amide bonds. The molecule has 0 aliphatic rings. The highest BCUT2D eigenvalue weighted by atomic mass is 16.5. The zero-order valence-electron chi connectivity index (χ0n) is 15.6. The number of para-hydroxylation sites is 1. The van der Waals surface area contributed by atoms with Crippen molar-refractivity contribution < 1.29 is 14.3 Å². The molecule has 0 bridgehead atoms. The monoisotopic (exact) mass is 386 g/mol. The van der Waals surface area contributed by atoms with Crippen LogP contribution >= 0.6 is 0 Å². The number of fused-ring (bicyclic) bond motifs is 2. The zero-order chi connectivity index (χ0) is 20.4. The SMILES string of the molecule is C[C@@H](OC(=O)c1cc(=O)[nH]c2ccccc12)C(=O)Nc1cccc2ccccc12. The molecule has 4 rings (SSSR count). The lowest BCUT2D eigenvalue weighted by Crippen LogP contribution is -2.30. The van der Waals surface area contributed by atoms with Gasteiger partial charge >= 0.3 is 5.97 Å². The van der Waals surface area contributed by atoms with Gasteiger partial charge in [-0.1, -0.05) is 54.6 Å². The smallest absolute Gasteiger partial charge is 0.339 e. The Kier molecular flexibility index (Phi) is 4.83. The van der Waals surface area contributed by atoms with Crippen LogP contribution in [0.3, 0.4) is 0 Å². The highest BCUT2D eigenvalue weighted by Crippen LogP contribution is 2.23. The Bertz CT molecular complexity index is 1290. The summed E-state index contributed by atoms with van der Waals surface area (Å²) in [6.07, 6.45) is -1.04. The van der Waals surface area contributed by atoms with Crippen molar-refractivity contribution in [3.63, 3.8) is 0 Å². The van der Waals surface area contributed by atoms with E-state index in [0.29, 0.717) is 16.6 Å². The number of pyridine rings is 1. The van der Waals surface area contributed by atoms with E-state index in [9.17, 15) is 14.4 Å². The minimum atomic E-state index is -1.04. The summed E-state index contributed by atoms with van der Waals surface area (Å²) in [7, 11) is 0. The number of carbonyl (C=O) groups is 2. The molecule has 0 aliphatic carbocycles. The first-order chi connectivity index (χ1) is 14.0. The summed E-state index contributed by atoms with van der Waals surface area (Å²) in [5.74, 6) is -1.18. The molecule has 0 unspecified atom stereocenters. The molecule has 0 radical (unpaired) electrons. The van der Waals surface area contributed by atoms with Crippen molar-refractivity contribution in [3.8, 4) is 0 Å². The van der Waals surface area contributed by atoms with Gasteiger partial charge in [0.25, 0.3) is 5.91 Å². The molecule has 0 spiro atoms. The Balaban J connectivity index is 1.55. The molecule has 1 heterocycles. The van der Waals surface area contributed by atoms with Crippen molar-refractivity contribution in [1.82, 2.24) is 4.98 Å². The maximum Gasteiger partial charge on any atom is 0.339 e. The Morgan fingerprint density at radius 1 is 0.931 bits per heavy atom. The number of anilines is 1. The highest BCUT2D eigenvalue weighted by molar-refractivity contribution is 6.06. The number of ether oxygens (including phenoxy) is 1. The van der Waals surface area contributed by atoms with Gasteiger partial charge in [-0.25, -0.2) is 4.79 Å². The predicted octanol–water partition coefficient (Wildman–Crippen LogP) is 3.87. The van der Waals surface area contributed by atoms with Gasteiger partial charge < -0.3 is 15.0 Å². The van der Waals surface area contributed by atoms with Gasteiger partial charge in [0, 0.05) is 28.0 Å². The van der Waals surface area contributed by atoms with E-state index in [1.807, 2.05) is 36.4 Å². The third-order valence-electron chi connectivity index (χ3n) is 4.67. The van der Waals surface area contributed by atoms with Gasteiger partial charge in [0.05, 0.1) is 5.56 Å². The number of aromatic nitrogens is 1. The lowest BCUT2D eigenvalue weighted by Gasteiger charge is -2.15. The molecule has 6 heteroatoms. The minimum absolute atomic E-state index is 0.120. The van der Waals surface area contributed by atoms with Gasteiger partial charge in [-0.05, 0) is 24.4 Å². The molecule has 0 aliphatic heterocycles. The van der Waals surface area contributed by atoms with Crippen molar-refractivity contribution in [1.29, 1.82) is 0 Å². The van der Waals surface area contributed by atoms with Crippen molar-refractivity contribution in [2.24, 2.45) is 0 Å². The average molecular weight is 386 g/mol. The molecule has 144 valence electrons. The summed E-state index contributed by atoms with van der Waals surface area (Å²) in [6, 6.07) is 21.4. The molecule has 0 fully saturated rings. The van der Waals surface area contributed by atoms with Crippen LogP contribution < -0.4 is 10.9 Å². The van der Waals surface area contributed by atoms with Crippen molar-refractivity contribution >= 4 is 39.2 Å². The molecule has 29 heavy (non-hydrogen) atoms. The van der Waals surface area contributed by atoms with Crippen molar-refractivity contribution in [2.45, 2.75) is 13.0 Å². The largest absolute Gasteiger partial charge is 0.449 e. The van der Waals surface area contributed by atoms with Gasteiger partial charge in [-0.15, -0.1) is 0 Å². The average Bonchev–Trinajstić information content (AvgIpc) is 2.73. The summed E-state index contributed by atoms with van der Waals surface area (Å²) < 4.78 is 5.34. The van der Waals surface area contributed by atoms with Crippen LogP contribution in [0, 0.1) is 0 Å². The summed E-state index contributed by atoms with van der Waals surface area (Å²) in [5.41, 5.74) is 0.870. The lowest BCUT2D eigenvalue weighted by molar-refractivity contribution is -0.123. The number of hydrogen-bond acceptors (Lipinski definition) is 4. The maximum absolute atomic E-state index is 12.6. The van der Waals surface area contributed by atoms with E-state index in [2.05, 4.69) is 10.3 Å². The number of rotatable bonds is 4. The number of carbonyl (C=O) groups excluding carboxylic acids is 2. The summed E-state index contributed by atoms with van der Waals surface area (Å²) >= 11 is 0. The molecule has 0 saturated carbocycles. The van der Waals surface area contributed by atoms with Gasteiger partial charge in [-0.3, -0.25) is 9.59 Å². The van der Waals surface area contributed by atoms with Crippen LogP contribution in [0.2, 0.25) is 0 Å². The minimum Gasteiger partial charge on any atom is -0.449 e. The number of esters is 1. The first-order valence-electron chi connectivity index (χ1n) is 9.14. The van der Waals surface area contributed by atoms with Crippen molar-refractivity contribution in [2.75, 3.05) is 5.32 Å². The van der Waals surface area contributed by atoms with E-state index >= 15 is 0 Å². The van der Waals surface area contributed by atoms with Crippen LogP contribution in [-0.4, -0.2) is 23.0 Å². The summed E-state index contributed by atoms with van der Waals surface area (Å²) in [5, 5.41) is 5.24. The topological polar surface area (TPSA) is 88.3 Å². The van der Waals surface area contributed by atoms with Crippen molar-refractivity contribution in [3.05, 3.63) is 88.7 Å². The second-order valence-electron chi connectivity index (χ2n) is 6.66. The number of amides is 1. The summed E-state index contributed by atoms with van der Waals surface area (Å²) in [4.78, 5) is 39.8. The van der Waals surface area contributed by atoms with Gasteiger partial charge in [-0.2, -0.15) is 0 Å². The van der Waals surface area contributed by atoms with Crippen LogP contribution in [0.5, 0.6) is 0 Å². The van der Waals surface area contributed by atoms with Crippen LogP contribution in [-0.2, 0) is 9.53 Å². The molecule has 3 aromatic carbocycles. The standard InChI is InChI=1S/C23H18N2O4/c1-14(22(27)25-19-12-6-8-15-7-2-3-9-16(15)19)29-23(28)18-13-21(26)24-20-11-5-4-10-17(18)20/h2-14H,1H3,(H,24,26)(H,25,27)/t14-/m1/s1. The zero-order valence-corrected chi connectivity index (χ0v) is 15.6. The van der Waals surface area contributed by atoms with E-state index in [4.69, 9.17) is 4.74 Å². The van der Waals surface area contributed by atoms with Crippen LogP contribution in [0.4, 0.5) is 5.69 Å². The molecular weight excluding hydrogens is 368 g/mol. The Morgan fingerprint density at radius 3 is 2.45 bits per heavy atom. The number of H-pyrrole nitrogens is 1. The summed E-state index contributed by atoms with van der Waals surface area (Å²) in [6.45, 7) is 1.49. The quantitative estimate of drug-likeness (QED) is 0.521. The fraction of sp³-hybridized carbons (Fsp3) is 0.0870.